The van der Waals surface area contributed by atoms with Gasteiger partial charge in [-0.3, -0.25) is 0 Å². The lowest BCUT2D eigenvalue weighted by atomic mass is 9.73. The monoisotopic (exact) mass is 735 g/mol. The number of nitrogens with zero attached hydrogens (tertiary/aromatic N) is 1. The Balaban J connectivity index is 1.10. The topological polar surface area (TPSA) is 16.4 Å². The number of benzene rings is 8. The van der Waals surface area contributed by atoms with Gasteiger partial charge in [-0.25, -0.2) is 0 Å². The molecule has 56 heavy (non-hydrogen) atoms. The van der Waals surface area contributed by atoms with Crippen LogP contribution in [-0.4, -0.2) is 0 Å². The number of para-hydroxylation sites is 1. The summed E-state index contributed by atoms with van der Waals surface area (Å²) in [6.45, 7) is 7.15. The quantitative estimate of drug-likeness (QED) is 0.179. The minimum Gasteiger partial charge on any atom is -0.456 e. The molecule has 2 aromatic heterocycles. The van der Waals surface area contributed by atoms with E-state index in [1.807, 2.05) is 17.4 Å². The van der Waals surface area contributed by atoms with Crippen molar-refractivity contribution in [3.8, 4) is 22.3 Å². The summed E-state index contributed by atoms with van der Waals surface area (Å²) >= 11 is 1.89. The van der Waals surface area contributed by atoms with E-state index in [9.17, 15) is 0 Å². The van der Waals surface area contributed by atoms with Crippen molar-refractivity contribution in [3.05, 3.63) is 198 Å². The van der Waals surface area contributed by atoms with Crippen molar-refractivity contribution in [3.63, 3.8) is 0 Å². The first kappa shape index (κ1) is 31.9. The molecule has 0 unspecified atom stereocenters. The molecule has 0 amide bonds. The smallest absolute Gasteiger partial charge is 0.137 e. The average Bonchev–Trinajstić information content (AvgIpc) is 3.94. The van der Waals surface area contributed by atoms with Crippen molar-refractivity contribution >= 4 is 70.5 Å². The lowest BCUT2D eigenvalue weighted by Crippen LogP contribution is -2.22. The van der Waals surface area contributed by atoms with Gasteiger partial charge in [0.2, 0.25) is 0 Å². The number of anilines is 3. The molecular formula is C53H37NOS. The van der Waals surface area contributed by atoms with Crippen molar-refractivity contribution in [1.29, 1.82) is 0 Å². The van der Waals surface area contributed by atoms with Crippen molar-refractivity contribution in [2.45, 2.75) is 31.6 Å². The van der Waals surface area contributed by atoms with Gasteiger partial charge in [0.25, 0.3) is 0 Å². The summed E-state index contributed by atoms with van der Waals surface area (Å²) in [6, 6.07) is 62.9. The van der Waals surface area contributed by atoms with Crippen LogP contribution in [0.1, 0.15) is 48.6 Å². The molecule has 2 nitrogen and oxygen atoms in total. The maximum atomic E-state index is 6.50. The molecule has 12 rings (SSSR count). The van der Waals surface area contributed by atoms with E-state index in [-0.39, 0.29) is 10.8 Å². The summed E-state index contributed by atoms with van der Waals surface area (Å²) in [5, 5.41) is 4.88. The summed E-state index contributed by atoms with van der Waals surface area (Å²) < 4.78 is 9.10. The minimum atomic E-state index is -0.302. The third-order valence-corrected chi connectivity index (χ3v) is 14.1. The van der Waals surface area contributed by atoms with Crippen molar-refractivity contribution in [2.75, 3.05) is 4.90 Å². The third kappa shape index (κ3) is 4.21. The Hall–Kier alpha value is -6.42. The fourth-order valence-corrected chi connectivity index (χ4v) is 11.4. The second kappa shape index (κ2) is 11.3. The number of hydrogen-bond acceptors (Lipinski definition) is 3. The van der Waals surface area contributed by atoms with E-state index in [1.165, 1.54) is 70.2 Å². The van der Waals surface area contributed by atoms with Crippen LogP contribution in [0.4, 0.5) is 17.1 Å². The molecule has 0 aliphatic heterocycles. The van der Waals surface area contributed by atoms with Crippen LogP contribution < -0.4 is 4.90 Å². The van der Waals surface area contributed by atoms with Crippen LogP contribution in [0.5, 0.6) is 0 Å². The molecule has 2 aliphatic carbocycles. The highest BCUT2D eigenvalue weighted by atomic mass is 32.1. The molecule has 0 saturated carbocycles. The number of furan rings is 1. The summed E-state index contributed by atoms with van der Waals surface area (Å²) in [4.78, 5) is 2.43. The standard InChI is InChI=1S/C53H37NOS/c1-52(2)42-17-8-4-13-35(42)38-26-23-33(30-46(38)52)54(34-24-27-40-39-16-7-11-21-47(39)55-48(40)31-34)32-25-28-49-41(29-32)51-45(20-12-22-50(51)56-49)53(3)43-18-9-5-14-36(43)37-15-6-10-19-44(37)53/h4-31H,1-3H3. The van der Waals surface area contributed by atoms with Gasteiger partial charge in [0, 0.05) is 64.9 Å². The Bertz CT molecular complexity index is 3220. The van der Waals surface area contributed by atoms with Crippen LogP contribution in [0.3, 0.4) is 0 Å². The number of hydrogen-bond donors (Lipinski definition) is 0. The van der Waals surface area contributed by atoms with Crippen LogP contribution in [0, 0.1) is 0 Å². The molecule has 0 saturated heterocycles. The Morgan fingerprint density at radius 2 is 0.982 bits per heavy atom. The Labute approximate surface area is 329 Å². The van der Waals surface area contributed by atoms with E-state index < -0.39 is 0 Å². The third-order valence-electron chi connectivity index (χ3n) is 12.9. The molecule has 0 N–H and O–H groups in total. The maximum absolute atomic E-state index is 6.50. The van der Waals surface area contributed by atoms with E-state index >= 15 is 0 Å². The van der Waals surface area contributed by atoms with E-state index in [4.69, 9.17) is 4.42 Å². The van der Waals surface area contributed by atoms with Crippen LogP contribution >= 0.6 is 11.3 Å². The summed E-state index contributed by atoms with van der Waals surface area (Å²) in [5.41, 5.74) is 16.8. The second-order valence-electron chi connectivity index (χ2n) is 16.2. The Kier molecular flexibility index (Phi) is 6.44. The fourth-order valence-electron chi connectivity index (χ4n) is 10.2. The molecular weight excluding hydrogens is 699 g/mol. The maximum Gasteiger partial charge on any atom is 0.137 e. The predicted octanol–water partition coefficient (Wildman–Crippen LogP) is 15.1. The van der Waals surface area contributed by atoms with Crippen LogP contribution in [0.2, 0.25) is 0 Å². The highest BCUT2D eigenvalue weighted by Gasteiger charge is 2.42. The van der Waals surface area contributed by atoms with Gasteiger partial charge in [0.05, 0.1) is 0 Å². The molecule has 2 aliphatic rings. The SMILES string of the molecule is CC1(C)c2ccccc2-c2ccc(N(c3ccc4c(c3)oc3ccccc34)c3ccc4sc5cccc(C6(C)c7ccccc7-c7ccccc76)c5c4c3)cc21. The molecule has 0 radical (unpaired) electrons. The van der Waals surface area contributed by atoms with Crippen molar-refractivity contribution < 1.29 is 4.42 Å². The normalized spacial score (nSPS) is 14.6. The molecule has 0 fully saturated rings. The first-order valence-electron chi connectivity index (χ1n) is 19.5. The van der Waals surface area contributed by atoms with Gasteiger partial charge in [0.15, 0.2) is 0 Å². The highest BCUT2D eigenvalue weighted by molar-refractivity contribution is 7.25. The van der Waals surface area contributed by atoms with Gasteiger partial charge in [-0.15, -0.1) is 11.3 Å². The zero-order valence-electron chi connectivity index (χ0n) is 31.4. The Morgan fingerprint density at radius 1 is 0.411 bits per heavy atom. The molecule has 0 bridgehead atoms. The van der Waals surface area contributed by atoms with E-state index in [2.05, 4.69) is 189 Å². The van der Waals surface area contributed by atoms with Gasteiger partial charge in [0.1, 0.15) is 11.2 Å². The predicted molar refractivity (Wildman–Crippen MR) is 236 cm³/mol. The van der Waals surface area contributed by atoms with Gasteiger partial charge in [-0.05, 0) is 112 Å². The zero-order chi connectivity index (χ0) is 37.3. The van der Waals surface area contributed by atoms with Crippen LogP contribution in [-0.2, 0) is 10.8 Å². The van der Waals surface area contributed by atoms with Gasteiger partial charge >= 0.3 is 0 Å². The Morgan fingerprint density at radius 3 is 1.77 bits per heavy atom. The largest absolute Gasteiger partial charge is 0.456 e. The van der Waals surface area contributed by atoms with Gasteiger partial charge in [-0.2, -0.15) is 0 Å². The molecule has 8 aromatic carbocycles. The molecule has 0 atom stereocenters. The van der Waals surface area contributed by atoms with Crippen molar-refractivity contribution in [2.24, 2.45) is 0 Å². The molecule has 3 heteroatoms. The lowest BCUT2D eigenvalue weighted by Gasteiger charge is -2.30. The average molecular weight is 736 g/mol. The minimum absolute atomic E-state index is 0.123. The van der Waals surface area contributed by atoms with Crippen molar-refractivity contribution in [1.82, 2.24) is 0 Å². The first-order chi connectivity index (χ1) is 27.4. The molecule has 2 heterocycles. The summed E-state index contributed by atoms with van der Waals surface area (Å²) in [7, 11) is 0. The highest BCUT2D eigenvalue weighted by Crippen LogP contribution is 2.56. The van der Waals surface area contributed by atoms with Gasteiger partial charge in [-0.1, -0.05) is 123 Å². The second-order valence-corrected chi connectivity index (χ2v) is 17.3. The molecule has 266 valence electrons. The van der Waals surface area contributed by atoms with Gasteiger partial charge < -0.3 is 9.32 Å². The molecule has 10 aromatic rings. The summed E-state index contributed by atoms with van der Waals surface area (Å²) in [5.74, 6) is 0. The fraction of sp³-hybridized carbons (Fsp3) is 0.0943. The van der Waals surface area contributed by atoms with E-state index in [0.717, 1.165) is 39.0 Å². The van der Waals surface area contributed by atoms with E-state index in [1.54, 1.807) is 0 Å². The number of fused-ring (bicyclic) bond motifs is 12. The van der Waals surface area contributed by atoms with E-state index in [0.29, 0.717) is 0 Å². The summed E-state index contributed by atoms with van der Waals surface area (Å²) in [6.07, 6.45) is 0. The lowest BCUT2D eigenvalue weighted by molar-refractivity contribution is 0.660. The van der Waals surface area contributed by atoms with Crippen LogP contribution in [0.15, 0.2) is 174 Å². The first-order valence-corrected chi connectivity index (χ1v) is 20.3. The molecule has 0 spiro atoms. The van der Waals surface area contributed by atoms with Crippen LogP contribution in [0.25, 0.3) is 64.4 Å². The zero-order valence-corrected chi connectivity index (χ0v) is 32.2. The number of rotatable bonds is 4. The number of thiophene rings is 1.